The Morgan fingerprint density at radius 2 is 2.00 bits per heavy atom. The van der Waals surface area contributed by atoms with Crippen LogP contribution in [-0.2, 0) is 19.3 Å². The summed E-state index contributed by atoms with van der Waals surface area (Å²) in [6.07, 6.45) is 0. The van der Waals surface area contributed by atoms with Crippen molar-refractivity contribution in [1.29, 1.82) is 0 Å². The third-order valence-electron chi connectivity index (χ3n) is 1.02. The highest BCUT2D eigenvalue weighted by molar-refractivity contribution is 6.29. The van der Waals surface area contributed by atoms with E-state index >= 15 is 0 Å². The number of alkyl halides is 3. The maximum Gasteiger partial charge on any atom is 0.439 e. The third-order valence-corrected chi connectivity index (χ3v) is 1.02. The quantitative estimate of drug-likeness (QED) is 0.469. The van der Waals surface area contributed by atoms with Crippen LogP contribution in [-0.4, -0.2) is 29.8 Å². The minimum absolute atomic E-state index is 0.587. The number of halogens is 3. The average molecular weight is 200 g/mol. The Labute approximate surface area is 69.1 Å². The molecule has 0 bridgehead atoms. The van der Waals surface area contributed by atoms with Crippen LogP contribution in [0.4, 0.5) is 13.2 Å². The third kappa shape index (κ3) is 1.87. The molecule has 1 aliphatic rings. The topological polar surface area (TPSA) is 67.9 Å². The molecular weight excluding hydrogens is 197 g/mol. The minimum Gasteiger partial charge on any atom is -0.343 e. The number of hydrogen-bond donors (Lipinski definition) is 1. The highest BCUT2D eigenvalue weighted by Gasteiger charge is 2.46. The van der Waals surface area contributed by atoms with E-state index in [-0.39, 0.29) is 0 Å². The van der Waals surface area contributed by atoms with Gasteiger partial charge in [-0.05, 0) is 5.59 Å². The average Bonchev–Trinajstić information content (AvgIpc) is 2.09. The first-order valence-corrected chi connectivity index (χ1v) is 2.90. The highest BCUT2D eigenvalue weighted by Crippen LogP contribution is 2.20. The maximum absolute atomic E-state index is 12.4. The van der Waals surface area contributed by atoms with Crippen molar-refractivity contribution >= 4 is 11.9 Å². The van der Waals surface area contributed by atoms with E-state index in [2.05, 4.69) is 9.68 Å². The van der Waals surface area contributed by atoms with Gasteiger partial charge in [-0.2, -0.15) is 8.78 Å². The van der Waals surface area contributed by atoms with Crippen molar-refractivity contribution in [3.63, 3.8) is 0 Å². The van der Waals surface area contributed by atoms with Crippen molar-refractivity contribution in [2.75, 3.05) is 6.67 Å². The number of hydroxylamine groups is 1. The van der Waals surface area contributed by atoms with E-state index in [1.54, 1.807) is 0 Å². The van der Waals surface area contributed by atoms with Gasteiger partial charge in [0, 0.05) is 5.17 Å². The lowest BCUT2D eigenvalue weighted by atomic mass is 10.6. The maximum atomic E-state index is 12.4. The lowest BCUT2D eigenvalue weighted by Crippen LogP contribution is -2.57. The predicted octanol–water partition coefficient (Wildman–Crippen LogP) is -0.715. The molecule has 1 heterocycles. The molecule has 74 valence electrons. The Balaban J connectivity index is 2.65. The smallest absolute Gasteiger partial charge is 0.343 e. The molecule has 0 aromatic carbocycles. The van der Waals surface area contributed by atoms with Crippen molar-refractivity contribution in [3.8, 4) is 0 Å². The van der Waals surface area contributed by atoms with E-state index in [0.717, 1.165) is 0 Å². The minimum atomic E-state index is -4.09. The lowest BCUT2D eigenvalue weighted by Gasteiger charge is -2.28. The molecule has 1 fully saturated rings. The lowest BCUT2D eigenvalue weighted by molar-refractivity contribution is -0.375. The summed E-state index contributed by atoms with van der Waals surface area (Å²) in [5.74, 6) is -3.15. The SMILES string of the molecule is O=C1ONN(C(F)(F)CF)OC1=O. The molecule has 1 aliphatic heterocycles. The molecular formula is C4H3F3N2O4. The van der Waals surface area contributed by atoms with Gasteiger partial charge in [0.25, 0.3) is 0 Å². The Hall–Kier alpha value is -1.35. The zero-order valence-corrected chi connectivity index (χ0v) is 5.92. The summed E-state index contributed by atoms with van der Waals surface area (Å²) >= 11 is 0. The predicted molar refractivity (Wildman–Crippen MR) is 28.1 cm³/mol. The fourth-order valence-electron chi connectivity index (χ4n) is 0.451. The van der Waals surface area contributed by atoms with Gasteiger partial charge >= 0.3 is 18.0 Å². The van der Waals surface area contributed by atoms with Gasteiger partial charge in [-0.15, -0.1) is 0 Å². The van der Waals surface area contributed by atoms with Gasteiger partial charge in [-0.1, -0.05) is 0 Å². The van der Waals surface area contributed by atoms with E-state index in [1.165, 1.54) is 5.59 Å². The largest absolute Gasteiger partial charge is 0.439 e. The highest BCUT2D eigenvalue weighted by atomic mass is 19.3. The van der Waals surface area contributed by atoms with Gasteiger partial charge in [0.15, 0.2) is 6.67 Å². The van der Waals surface area contributed by atoms with Gasteiger partial charge in [-0.25, -0.2) is 14.0 Å². The van der Waals surface area contributed by atoms with Crippen LogP contribution in [0.3, 0.4) is 0 Å². The number of carbonyl (C=O) groups is 2. The van der Waals surface area contributed by atoms with Crippen molar-refractivity contribution in [1.82, 2.24) is 10.8 Å². The van der Waals surface area contributed by atoms with Gasteiger partial charge in [0.1, 0.15) is 0 Å². The molecule has 1 saturated heterocycles. The zero-order chi connectivity index (χ0) is 10.1. The van der Waals surface area contributed by atoms with Crippen molar-refractivity contribution in [3.05, 3.63) is 0 Å². The summed E-state index contributed by atoms with van der Waals surface area (Å²) < 4.78 is 36.3. The number of rotatable bonds is 2. The second-order valence-corrected chi connectivity index (χ2v) is 1.95. The van der Waals surface area contributed by atoms with Crippen LogP contribution in [0.1, 0.15) is 0 Å². The summed E-state index contributed by atoms with van der Waals surface area (Å²) in [5, 5.41) is -0.587. The second kappa shape index (κ2) is 3.18. The molecule has 1 N–H and O–H groups in total. The first kappa shape index (κ1) is 9.74. The van der Waals surface area contributed by atoms with Gasteiger partial charge in [0.2, 0.25) is 0 Å². The number of hydrazine groups is 1. The second-order valence-electron chi connectivity index (χ2n) is 1.95. The number of hydrogen-bond acceptors (Lipinski definition) is 6. The molecule has 0 aromatic rings. The molecule has 0 unspecified atom stereocenters. The molecule has 6 nitrogen and oxygen atoms in total. The Morgan fingerprint density at radius 1 is 1.38 bits per heavy atom. The van der Waals surface area contributed by atoms with Crippen LogP contribution in [0.15, 0.2) is 0 Å². The molecule has 1 rings (SSSR count). The monoisotopic (exact) mass is 200 g/mol. The van der Waals surface area contributed by atoms with Gasteiger partial charge < -0.3 is 9.68 Å². The summed E-state index contributed by atoms with van der Waals surface area (Å²) in [6, 6.07) is -4.09. The van der Waals surface area contributed by atoms with Crippen LogP contribution in [0, 0.1) is 0 Å². The van der Waals surface area contributed by atoms with Gasteiger partial charge in [-0.3, -0.25) is 0 Å². The summed E-state index contributed by atoms with van der Waals surface area (Å²) in [4.78, 5) is 27.9. The molecule has 0 aliphatic carbocycles. The van der Waals surface area contributed by atoms with E-state index in [4.69, 9.17) is 0 Å². The molecule has 0 saturated carbocycles. The molecule has 0 aromatic heterocycles. The number of nitrogens with one attached hydrogen (secondary N) is 1. The summed E-state index contributed by atoms with van der Waals surface area (Å²) in [6.45, 7) is -2.11. The van der Waals surface area contributed by atoms with Crippen molar-refractivity contribution in [2.24, 2.45) is 0 Å². The van der Waals surface area contributed by atoms with Crippen LogP contribution < -0.4 is 5.59 Å². The number of nitrogens with zero attached hydrogens (tertiary/aromatic N) is 1. The Morgan fingerprint density at radius 3 is 2.46 bits per heavy atom. The first-order valence-electron chi connectivity index (χ1n) is 2.90. The van der Waals surface area contributed by atoms with Crippen molar-refractivity contribution < 1.29 is 32.4 Å². The Kier molecular flexibility index (Phi) is 2.38. The van der Waals surface area contributed by atoms with E-state index in [1.807, 2.05) is 0 Å². The molecule has 0 amide bonds. The van der Waals surface area contributed by atoms with Crippen molar-refractivity contribution in [2.45, 2.75) is 6.05 Å². The fourth-order valence-corrected chi connectivity index (χ4v) is 0.451. The van der Waals surface area contributed by atoms with E-state index in [0.29, 0.717) is 0 Å². The summed E-state index contributed by atoms with van der Waals surface area (Å²) in [5.41, 5.74) is 1.24. The molecule has 0 atom stereocenters. The van der Waals surface area contributed by atoms with Crippen LogP contribution >= 0.6 is 0 Å². The van der Waals surface area contributed by atoms with E-state index in [9.17, 15) is 22.8 Å². The van der Waals surface area contributed by atoms with E-state index < -0.39 is 29.8 Å². The standard InChI is InChI=1S/C4H3F3N2O4/c5-1-4(6,7)9-8-12-2(10)3(11)13-9/h8H,1H2. The normalized spacial score (nSPS) is 19.6. The van der Waals surface area contributed by atoms with Crippen LogP contribution in [0.25, 0.3) is 0 Å². The molecule has 9 heteroatoms. The molecule has 0 radical (unpaired) electrons. The molecule has 13 heavy (non-hydrogen) atoms. The fraction of sp³-hybridized carbons (Fsp3) is 0.500. The molecule has 0 spiro atoms. The zero-order valence-electron chi connectivity index (χ0n) is 5.92. The van der Waals surface area contributed by atoms with Gasteiger partial charge in [0.05, 0.1) is 0 Å². The van der Waals surface area contributed by atoms with Crippen LogP contribution in [0.2, 0.25) is 0 Å². The first-order chi connectivity index (χ1) is 5.97. The number of carbonyl (C=O) groups excluding carboxylic acids is 2. The summed E-state index contributed by atoms with van der Waals surface area (Å²) in [7, 11) is 0. The van der Waals surface area contributed by atoms with Crippen LogP contribution in [0.5, 0.6) is 0 Å². The Bertz CT molecular complexity index is 246.